The third kappa shape index (κ3) is 6.12. The second-order valence-electron chi connectivity index (χ2n) is 5.14. The van der Waals surface area contributed by atoms with Gasteiger partial charge in [-0.15, -0.1) is 0 Å². The summed E-state index contributed by atoms with van der Waals surface area (Å²) < 4.78 is 32.2. The molecule has 0 aliphatic carbocycles. The Labute approximate surface area is 184 Å². The van der Waals surface area contributed by atoms with Gasteiger partial charge < -0.3 is 10.1 Å². The number of anilines is 1. The minimum atomic E-state index is -3.35. The average molecular weight is 488 g/mol. The van der Waals surface area contributed by atoms with Gasteiger partial charge in [0.1, 0.15) is 0 Å². The van der Waals surface area contributed by atoms with E-state index in [0.717, 1.165) is 0 Å². The first-order valence-electron chi connectivity index (χ1n) is 7.47. The Morgan fingerprint density at radius 3 is 2.21 bits per heavy atom. The molecular formula is C17H12Cl4F2N2O2S. The fourth-order valence-corrected chi connectivity index (χ4v) is 3.46. The summed E-state index contributed by atoms with van der Waals surface area (Å²) in [5.74, 6) is -0.0739. The van der Waals surface area contributed by atoms with Crippen molar-refractivity contribution in [3.8, 4) is 0 Å². The number of carbonyl (C=O) groups is 1. The van der Waals surface area contributed by atoms with E-state index >= 15 is 0 Å². The van der Waals surface area contributed by atoms with Crippen molar-refractivity contribution in [2.24, 2.45) is 4.99 Å². The number of nitrogens with zero attached hydrogens (tertiary/aromatic N) is 1. The van der Waals surface area contributed by atoms with E-state index in [-0.39, 0.29) is 38.2 Å². The van der Waals surface area contributed by atoms with Gasteiger partial charge in [0, 0.05) is 10.6 Å². The Hall–Kier alpha value is -1.25. The maximum Gasteiger partial charge on any atom is 0.348 e. The van der Waals surface area contributed by atoms with Gasteiger partial charge in [-0.2, -0.15) is 13.8 Å². The lowest BCUT2D eigenvalue weighted by molar-refractivity contribution is 0.122. The Morgan fingerprint density at radius 2 is 1.71 bits per heavy atom. The summed E-state index contributed by atoms with van der Waals surface area (Å²) in [6, 6.07) is 9.66. The molecule has 0 saturated heterocycles. The number of carbonyl (C=O) groups excluding carboxylic acids is 1. The van der Waals surface area contributed by atoms with Gasteiger partial charge in [0.05, 0.1) is 22.7 Å². The molecule has 0 saturated carbocycles. The summed E-state index contributed by atoms with van der Waals surface area (Å²) in [6.45, 7) is 0. The van der Waals surface area contributed by atoms with Gasteiger partial charge in [0.2, 0.25) is 5.90 Å². The zero-order chi connectivity index (χ0) is 20.9. The second kappa shape index (κ2) is 9.98. The first-order valence-corrected chi connectivity index (χ1v) is 9.91. The lowest BCUT2D eigenvalue weighted by atomic mass is 10.2. The van der Waals surface area contributed by atoms with Crippen LogP contribution in [-0.4, -0.2) is 29.1 Å². The number of methoxy groups -OCH3 is 1. The number of nitrogens with one attached hydrogen (secondary N) is 1. The summed E-state index contributed by atoms with van der Waals surface area (Å²) in [6.07, 6.45) is 0. The first-order chi connectivity index (χ1) is 13.1. The Kier molecular flexibility index (Phi) is 8.21. The van der Waals surface area contributed by atoms with Crippen molar-refractivity contribution in [3.63, 3.8) is 0 Å². The van der Waals surface area contributed by atoms with Gasteiger partial charge in [-0.05, 0) is 48.2 Å². The van der Waals surface area contributed by atoms with Crippen LogP contribution in [-0.2, 0) is 4.74 Å². The van der Waals surface area contributed by atoms with Crippen molar-refractivity contribution >= 4 is 75.8 Å². The highest BCUT2D eigenvalue weighted by Crippen LogP contribution is 2.42. The van der Waals surface area contributed by atoms with E-state index in [0.29, 0.717) is 5.69 Å². The third-order valence-corrected chi connectivity index (χ3v) is 5.64. The van der Waals surface area contributed by atoms with Crippen LogP contribution < -0.4 is 5.32 Å². The monoisotopic (exact) mass is 486 g/mol. The Balaban J connectivity index is 2.13. The predicted molar refractivity (Wildman–Crippen MR) is 112 cm³/mol. The molecule has 150 valence electrons. The quantitative estimate of drug-likeness (QED) is 0.211. The molecule has 0 heterocycles. The standard InChI is InChI=1S/C17H12Cl4F2N2O2S/c1-27-14(13-11(18)3-2-4-12(13)19)25-16(26)24-9-5-7-10(8-6-9)28-17(22,23)15(20)21/h2-8,15H,1H3,(H,24,26)/b25-14-. The zero-order valence-corrected chi connectivity index (χ0v) is 17.9. The van der Waals surface area contributed by atoms with Crippen LogP contribution in [0.5, 0.6) is 0 Å². The molecule has 0 aliphatic rings. The number of hydrogen-bond acceptors (Lipinski definition) is 3. The predicted octanol–water partition coefficient (Wildman–Crippen LogP) is 7.11. The number of ether oxygens (including phenoxy) is 1. The molecule has 4 nitrogen and oxygen atoms in total. The van der Waals surface area contributed by atoms with Crippen LogP contribution in [0.3, 0.4) is 0 Å². The normalized spacial score (nSPS) is 12.2. The number of thioether (sulfide) groups is 1. The number of alkyl halides is 4. The molecule has 2 rings (SSSR count). The Bertz CT molecular complexity index is 860. The van der Waals surface area contributed by atoms with Crippen LogP contribution in [0, 0.1) is 0 Å². The minimum absolute atomic E-state index is 0.0739. The van der Waals surface area contributed by atoms with E-state index in [9.17, 15) is 13.6 Å². The smallest absolute Gasteiger partial charge is 0.348 e. The lowest BCUT2D eigenvalue weighted by Gasteiger charge is -2.16. The Morgan fingerprint density at radius 1 is 1.14 bits per heavy atom. The highest BCUT2D eigenvalue weighted by atomic mass is 35.5. The number of rotatable bonds is 5. The molecule has 2 aromatic carbocycles. The van der Waals surface area contributed by atoms with Crippen molar-refractivity contribution in [1.82, 2.24) is 0 Å². The molecule has 28 heavy (non-hydrogen) atoms. The van der Waals surface area contributed by atoms with Gasteiger partial charge >= 0.3 is 11.3 Å². The van der Waals surface area contributed by atoms with Crippen LogP contribution in [0.15, 0.2) is 52.4 Å². The van der Waals surface area contributed by atoms with Crippen LogP contribution in [0.2, 0.25) is 10.0 Å². The van der Waals surface area contributed by atoms with Crippen molar-refractivity contribution in [2.45, 2.75) is 15.0 Å². The van der Waals surface area contributed by atoms with E-state index in [1.54, 1.807) is 18.2 Å². The van der Waals surface area contributed by atoms with Crippen LogP contribution >= 0.6 is 58.2 Å². The molecule has 2 aromatic rings. The summed E-state index contributed by atoms with van der Waals surface area (Å²) in [5, 5.41) is -0.333. The van der Waals surface area contributed by atoms with E-state index < -0.39 is 16.1 Å². The van der Waals surface area contributed by atoms with E-state index in [2.05, 4.69) is 10.3 Å². The van der Waals surface area contributed by atoms with Crippen molar-refractivity contribution in [2.75, 3.05) is 12.4 Å². The molecule has 0 spiro atoms. The minimum Gasteiger partial charge on any atom is -0.480 e. The molecule has 2 amide bonds. The molecule has 0 atom stereocenters. The number of aliphatic imine (C=N–C) groups is 1. The van der Waals surface area contributed by atoms with Gasteiger partial charge in [-0.3, -0.25) is 0 Å². The molecule has 0 aliphatic heterocycles. The summed E-state index contributed by atoms with van der Waals surface area (Å²) >= 11 is 22.9. The average Bonchev–Trinajstić information content (AvgIpc) is 2.62. The fourth-order valence-electron chi connectivity index (χ4n) is 1.96. The van der Waals surface area contributed by atoms with Crippen molar-refractivity contribution < 1.29 is 18.3 Å². The fraction of sp³-hybridized carbons (Fsp3) is 0.176. The lowest BCUT2D eigenvalue weighted by Crippen LogP contribution is -2.19. The van der Waals surface area contributed by atoms with Crippen LogP contribution in [0.1, 0.15) is 5.56 Å². The number of amides is 2. The van der Waals surface area contributed by atoms with Gasteiger partial charge in [-0.1, -0.05) is 52.5 Å². The first kappa shape index (κ1) is 23.0. The van der Waals surface area contributed by atoms with Gasteiger partial charge in [0.15, 0.2) is 4.84 Å². The molecular weight excluding hydrogens is 476 g/mol. The van der Waals surface area contributed by atoms with Gasteiger partial charge in [-0.25, -0.2) is 4.79 Å². The van der Waals surface area contributed by atoms with E-state index in [1.165, 1.54) is 31.4 Å². The second-order valence-corrected chi connectivity index (χ2v) is 8.27. The number of benzene rings is 2. The molecule has 0 aromatic heterocycles. The number of hydrogen-bond donors (Lipinski definition) is 1. The molecule has 1 N–H and O–H groups in total. The van der Waals surface area contributed by atoms with Gasteiger partial charge in [0.25, 0.3) is 0 Å². The number of urea groups is 1. The molecule has 0 bridgehead atoms. The highest BCUT2D eigenvalue weighted by Gasteiger charge is 2.38. The van der Waals surface area contributed by atoms with Crippen LogP contribution in [0.4, 0.5) is 19.3 Å². The molecule has 11 heteroatoms. The van der Waals surface area contributed by atoms with E-state index in [1.807, 2.05) is 0 Å². The third-order valence-electron chi connectivity index (χ3n) is 3.19. The molecule has 0 radical (unpaired) electrons. The SMILES string of the molecule is CO/C(=N\C(=O)Nc1ccc(SC(F)(F)C(Cl)Cl)cc1)c1c(Cl)cccc1Cl. The maximum absolute atomic E-state index is 13.5. The molecule has 0 fully saturated rings. The number of halogens is 6. The van der Waals surface area contributed by atoms with Crippen LogP contribution in [0.25, 0.3) is 0 Å². The largest absolute Gasteiger partial charge is 0.480 e. The van der Waals surface area contributed by atoms with E-state index in [4.69, 9.17) is 51.1 Å². The summed E-state index contributed by atoms with van der Waals surface area (Å²) in [5.41, 5.74) is 0.601. The topological polar surface area (TPSA) is 50.7 Å². The summed E-state index contributed by atoms with van der Waals surface area (Å²) in [4.78, 5) is 14.3. The zero-order valence-electron chi connectivity index (χ0n) is 14.1. The summed E-state index contributed by atoms with van der Waals surface area (Å²) in [7, 11) is 1.32. The highest BCUT2D eigenvalue weighted by molar-refractivity contribution is 8.00. The molecule has 0 unspecified atom stereocenters. The van der Waals surface area contributed by atoms with Crippen molar-refractivity contribution in [1.29, 1.82) is 0 Å². The van der Waals surface area contributed by atoms with Crippen molar-refractivity contribution in [3.05, 3.63) is 58.1 Å². The maximum atomic E-state index is 13.5.